The van der Waals surface area contributed by atoms with Crippen molar-refractivity contribution in [2.75, 3.05) is 13.4 Å². The van der Waals surface area contributed by atoms with Gasteiger partial charge in [-0.2, -0.15) is 0 Å². The van der Waals surface area contributed by atoms with E-state index in [0.29, 0.717) is 28.1 Å². The molecule has 1 unspecified atom stereocenters. The normalized spacial score (nSPS) is 12.0. The van der Waals surface area contributed by atoms with E-state index in [2.05, 4.69) is 4.98 Å². The van der Waals surface area contributed by atoms with Crippen LogP contribution in [-0.4, -0.2) is 28.5 Å². The van der Waals surface area contributed by atoms with Gasteiger partial charge in [0.15, 0.2) is 0 Å². The SMILES string of the molecule is COc1ccc2cc(COC(=O)c3cccc(CS(C)=O)c3)c(Cl)nc2c1. The average Bonchev–Trinajstić information content (AvgIpc) is 2.65. The standard InChI is InChI=1S/C20H18ClNO4S/c1-25-17-7-6-14-9-16(19(21)22-18(14)10-17)11-26-20(23)15-5-3-4-13(8-15)12-27(2)24/h3-10H,11-12H2,1-2H3. The molecule has 27 heavy (non-hydrogen) atoms. The second-order valence-corrected chi connectivity index (χ2v) is 7.78. The molecule has 0 aliphatic heterocycles. The lowest BCUT2D eigenvalue weighted by molar-refractivity contribution is 0.0472. The molecule has 7 heteroatoms. The van der Waals surface area contributed by atoms with Crippen LogP contribution in [0.1, 0.15) is 21.5 Å². The number of fused-ring (bicyclic) bond motifs is 1. The first-order chi connectivity index (χ1) is 13.0. The van der Waals surface area contributed by atoms with Gasteiger partial charge in [-0.05, 0) is 35.9 Å². The number of carbonyl (C=O) groups is 1. The zero-order chi connectivity index (χ0) is 19.4. The van der Waals surface area contributed by atoms with E-state index in [1.807, 2.05) is 24.3 Å². The van der Waals surface area contributed by atoms with Crippen molar-refractivity contribution < 1.29 is 18.5 Å². The number of nitrogens with zero attached hydrogens (tertiary/aromatic N) is 1. The Balaban J connectivity index is 1.75. The van der Waals surface area contributed by atoms with Crippen molar-refractivity contribution >= 4 is 39.3 Å². The van der Waals surface area contributed by atoms with Crippen molar-refractivity contribution in [3.8, 4) is 5.75 Å². The van der Waals surface area contributed by atoms with Crippen LogP contribution in [0, 0.1) is 0 Å². The van der Waals surface area contributed by atoms with E-state index in [9.17, 15) is 9.00 Å². The third-order valence-corrected chi connectivity index (χ3v) is 5.01. The average molecular weight is 404 g/mol. The first-order valence-electron chi connectivity index (χ1n) is 8.15. The van der Waals surface area contributed by atoms with Crippen LogP contribution in [-0.2, 0) is 27.9 Å². The molecule has 0 aliphatic carbocycles. The van der Waals surface area contributed by atoms with E-state index >= 15 is 0 Å². The molecule has 2 aromatic carbocycles. The summed E-state index contributed by atoms with van der Waals surface area (Å²) in [5.74, 6) is 0.619. The van der Waals surface area contributed by atoms with E-state index in [4.69, 9.17) is 21.1 Å². The van der Waals surface area contributed by atoms with E-state index < -0.39 is 16.8 Å². The molecule has 0 fully saturated rings. The zero-order valence-electron chi connectivity index (χ0n) is 14.9. The molecular weight excluding hydrogens is 386 g/mol. The minimum Gasteiger partial charge on any atom is -0.497 e. The number of hydrogen-bond acceptors (Lipinski definition) is 5. The summed E-state index contributed by atoms with van der Waals surface area (Å²) in [5.41, 5.74) is 2.56. The number of aromatic nitrogens is 1. The highest BCUT2D eigenvalue weighted by Crippen LogP contribution is 2.25. The van der Waals surface area contributed by atoms with Gasteiger partial charge in [-0.15, -0.1) is 0 Å². The van der Waals surface area contributed by atoms with Crippen molar-refractivity contribution in [1.29, 1.82) is 0 Å². The molecule has 0 saturated carbocycles. The van der Waals surface area contributed by atoms with Gasteiger partial charge in [0.2, 0.25) is 0 Å². The number of carbonyl (C=O) groups excluding carboxylic acids is 1. The number of hydrogen-bond donors (Lipinski definition) is 0. The highest BCUT2D eigenvalue weighted by Gasteiger charge is 2.12. The van der Waals surface area contributed by atoms with Gasteiger partial charge in [0.1, 0.15) is 17.5 Å². The molecule has 0 spiro atoms. The van der Waals surface area contributed by atoms with Crippen molar-refractivity contribution in [3.05, 3.63) is 70.4 Å². The minimum absolute atomic E-state index is 0.0105. The van der Waals surface area contributed by atoms with Gasteiger partial charge >= 0.3 is 5.97 Å². The minimum atomic E-state index is -0.977. The summed E-state index contributed by atoms with van der Waals surface area (Å²) in [5, 5.41) is 1.15. The van der Waals surface area contributed by atoms with Crippen molar-refractivity contribution in [2.24, 2.45) is 0 Å². The smallest absolute Gasteiger partial charge is 0.338 e. The largest absolute Gasteiger partial charge is 0.497 e. The maximum absolute atomic E-state index is 12.3. The highest BCUT2D eigenvalue weighted by molar-refractivity contribution is 7.83. The molecular formula is C20H18ClNO4S. The van der Waals surface area contributed by atoms with E-state index in [1.165, 1.54) is 0 Å². The van der Waals surface area contributed by atoms with Crippen molar-refractivity contribution in [3.63, 3.8) is 0 Å². The fraction of sp³-hybridized carbons (Fsp3) is 0.200. The second kappa shape index (κ2) is 8.50. The lowest BCUT2D eigenvalue weighted by Gasteiger charge is -2.09. The third kappa shape index (κ3) is 4.84. The number of esters is 1. The summed E-state index contributed by atoms with van der Waals surface area (Å²) in [6.45, 7) is 0.0105. The van der Waals surface area contributed by atoms with Gasteiger partial charge < -0.3 is 9.47 Å². The molecule has 3 aromatic rings. The number of methoxy groups -OCH3 is 1. The lowest BCUT2D eigenvalue weighted by atomic mass is 10.1. The molecule has 140 valence electrons. The number of ether oxygens (including phenoxy) is 2. The summed E-state index contributed by atoms with van der Waals surface area (Å²) in [6.07, 6.45) is 1.62. The Morgan fingerprint density at radius 2 is 2.00 bits per heavy atom. The van der Waals surface area contributed by atoms with Gasteiger partial charge in [0.05, 0.1) is 18.2 Å². The topological polar surface area (TPSA) is 65.5 Å². The molecule has 0 radical (unpaired) electrons. The van der Waals surface area contributed by atoms with E-state index in [0.717, 1.165) is 10.9 Å². The molecule has 1 atom stereocenters. The molecule has 0 saturated heterocycles. The van der Waals surface area contributed by atoms with Crippen LogP contribution >= 0.6 is 11.6 Å². The molecule has 1 heterocycles. The predicted octanol–water partition coefficient (Wildman–Crippen LogP) is 4.13. The molecule has 3 rings (SSSR count). The summed E-state index contributed by atoms with van der Waals surface area (Å²) in [4.78, 5) is 16.7. The Hall–Kier alpha value is -2.44. The maximum atomic E-state index is 12.3. The Morgan fingerprint density at radius 1 is 1.19 bits per heavy atom. The van der Waals surface area contributed by atoms with Gasteiger partial charge in [-0.1, -0.05) is 23.7 Å². The summed E-state index contributed by atoms with van der Waals surface area (Å²) in [7, 11) is 0.610. The summed E-state index contributed by atoms with van der Waals surface area (Å²) >= 11 is 6.23. The molecule has 5 nitrogen and oxygen atoms in total. The van der Waals surface area contributed by atoms with Gasteiger partial charge in [-0.3, -0.25) is 4.21 Å². The third-order valence-electron chi connectivity index (χ3n) is 3.94. The maximum Gasteiger partial charge on any atom is 0.338 e. The quantitative estimate of drug-likeness (QED) is 0.457. The number of benzene rings is 2. The van der Waals surface area contributed by atoms with E-state index in [1.54, 1.807) is 37.6 Å². The first kappa shape index (κ1) is 19.3. The monoisotopic (exact) mass is 403 g/mol. The first-order valence-corrected chi connectivity index (χ1v) is 10.3. The lowest BCUT2D eigenvalue weighted by Crippen LogP contribution is -2.07. The van der Waals surface area contributed by atoms with Gasteiger partial charge in [0, 0.05) is 39.8 Å². The van der Waals surface area contributed by atoms with Crippen molar-refractivity contribution in [2.45, 2.75) is 12.4 Å². The van der Waals surface area contributed by atoms with Crippen LogP contribution in [0.5, 0.6) is 5.75 Å². The number of rotatable bonds is 6. The Labute approximate surface area is 164 Å². The van der Waals surface area contributed by atoms with Crippen LogP contribution in [0.4, 0.5) is 0 Å². The van der Waals surface area contributed by atoms with Crippen LogP contribution in [0.2, 0.25) is 5.15 Å². The summed E-state index contributed by atoms with van der Waals surface area (Å²) in [6, 6.07) is 14.3. The highest BCUT2D eigenvalue weighted by atomic mass is 35.5. The molecule has 0 amide bonds. The van der Waals surface area contributed by atoms with E-state index in [-0.39, 0.29) is 11.8 Å². The Kier molecular flexibility index (Phi) is 6.08. The molecule has 0 N–H and O–H groups in total. The Bertz CT molecular complexity index is 1020. The molecule has 0 bridgehead atoms. The van der Waals surface area contributed by atoms with Gasteiger partial charge in [-0.25, -0.2) is 9.78 Å². The fourth-order valence-electron chi connectivity index (χ4n) is 2.64. The predicted molar refractivity (Wildman–Crippen MR) is 107 cm³/mol. The summed E-state index contributed by atoms with van der Waals surface area (Å²) < 4.78 is 21.9. The molecule has 0 aliphatic rings. The fourth-order valence-corrected chi connectivity index (χ4v) is 3.49. The van der Waals surface area contributed by atoms with Crippen LogP contribution in [0.15, 0.2) is 48.5 Å². The number of pyridine rings is 1. The van der Waals surface area contributed by atoms with Crippen molar-refractivity contribution in [1.82, 2.24) is 4.98 Å². The second-order valence-electron chi connectivity index (χ2n) is 5.99. The Morgan fingerprint density at radius 3 is 2.74 bits per heavy atom. The van der Waals surface area contributed by atoms with Crippen LogP contribution in [0.25, 0.3) is 10.9 Å². The van der Waals surface area contributed by atoms with Crippen LogP contribution in [0.3, 0.4) is 0 Å². The number of halogens is 1. The van der Waals surface area contributed by atoms with Gasteiger partial charge in [0.25, 0.3) is 0 Å². The molecule has 1 aromatic heterocycles. The van der Waals surface area contributed by atoms with Crippen LogP contribution < -0.4 is 4.74 Å². The zero-order valence-corrected chi connectivity index (χ0v) is 16.5.